The predicted molar refractivity (Wildman–Crippen MR) is 128 cm³/mol. The van der Waals surface area contributed by atoms with Crippen LogP contribution < -0.4 is 0 Å². The number of rotatable bonds is 7. The summed E-state index contributed by atoms with van der Waals surface area (Å²) < 4.78 is 5.48. The Labute approximate surface area is 183 Å². The molecule has 5 heteroatoms. The Bertz CT molecular complexity index is 1120. The zero-order valence-corrected chi connectivity index (χ0v) is 18.1. The largest absolute Gasteiger partial charge is 0.378 e. The van der Waals surface area contributed by atoms with Crippen molar-refractivity contribution in [3.63, 3.8) is 0 Å². The maximum Gasteiger partial charge on any atom is 0.137 e. The molecule has 3 aromatic rings. The average molecular weight is 413 g/mol. The number of aryl methyl sites for hydroxylation is 1. The second kappa shape index (κ2) is 10.1. The third kappa shape index (κ3) is 5.06. The van der Waals surface area contributed by atoms with Gasteiger partial charge in [0.25, 0.3) is 0 Å². The molecule has 0 unspecified atom stereocenters. The van der Waals surface area contributed by atoms with Gasteiger partial charge in [0.05, 0.1) is 24.2 Å². The van der Waals surface area contributed by atoms with Crippen molar-refractivity contribution in [3.05, 3.63) is 71.7 Å². The highest BCUT2D eigenvalue weighted by Crippen LogP contribution is 2.30. The lowest BCUT2D eigenvalue weighted by Crippen LogP contribution is -1.92. The number of H-pyrrole nitrogens is 1. The minimum absolute atomic E-state index is 0.591. The van der Waals surface area contributed by atoms with Gasteiger partial charge in [-0.3, -0.25) is 9.98 Å². The summed E-state index contributed by atoms with van der Waals surface area (Å²) >= 11 is 0. The third-order valence-corrected chi connectivity index (χ3v) is 5.29. The first-order chi connectivity index (χ1) is 15.3. The van der Waals surface area contributed by atoms with Crippen molar-refractivity contribution in [2.45, 2.75) is 33.1 Å². The van der Waals surface area contributed by atoms with Crippen LogP contribution in [-0.2, 0) is 4.74 Å². The Kier molecular flexibility index (Phi) is 6.85. The van der Waals surface area contributed by atoms with Gasteiger partial charge in [-0.25, -0.2) is 4.98 Å². The molecule has 4 rings (SSSR count). The molecule has 1 aliphatic heterocycles. The Hall–Kier alpha value is -3.31. The highest BCUT2D eigenvalue weighted by Gasteiger charge is 2.12. The van der Waals surface area contributed by atoms with Crippen molar-refractivity contribution in [2.24, 2.45) is 4.99 Å². The smallest absolute Gasteiger partial charge is 0.137 e. The molecule has 0 aliphatic carbocycles. The fraction of sp³-hybridized carbons (Fsp3) is 0.269. The molecule has 3 heterocycles. The Balaban J connectivity index is 1.70. The first-order valence-electron chi connectivity index (χ1n) is 10.8. The van der Waals surface area contributed by atoms with Gasteiger partial charge >= 0.3 is 0 Å². The molecule has 0 spiro atoms. The normalized spacial score (nSPS) is 14.1. The van der Waals surface area contributed by atoms with Crippen molar-refractivity contribution in [1.29, 1.82) is 0 Å². The zero-order valence-electron chi connectivity index (χ0n) is 18.1. The van der Waals surface area contributed by atoms with Crippen LogP contribution >= 0.6 is 0 Å². The Morgan fingerprint density at radius 2 is 2.06 bits per heavy atom. The Morgan fingerprint density at radius 1 is 1.13 bits per heavy atom. The van der Waals surface area contributed by atoms with Crippen LogP contribution in [0.5, 0.6) is 0 Å². The fourth-order valence-corrected chi connectivity index (χ4v) is 3.66. The number of aliphatic imine (C=N–C) groups is 1. The summed E-state index contributed by atoms with van der Waals surface area (Å²) in [6, 6.07) is 10.4. The minimum atomic E-state index is 0.591. The van der Waals surface area contributed by atoms with Crippen LogP contribution in [0.25, 0.3) is 34.4 Å². The predicted octanol–water partition coefficient (Wildman–Crippen LogP) is 6.09. The summed E-state index contributed by atoms with van der Waals surface area (Å²) in [5.74, 6) is 0.836. The lowest BCUT2D eigenvalue weighted by Gasteiger charge is -2.09. The molecular formula is C26H28N4O. The van der Waals surface area contributed by atoms with Crippen molar-refractivity contribution in [2.75, 3.05) is 13.2 Å². The van der Waals surface area contributed by atoms with Crippen molar-refractivity contribution < 1.29 is 4.74 Å². The maximum atomic E-state index is 5.48. The SMILES string of the molecule is CCOC/C=C/c1cc(-c2ncc(-c3cccnc3C)[nH]2)ccc1C1=CCCCC=N1. The number of aromatic nitrogens is 3. The van der Waals surface area contributed by atoms with Crippen LogP contribution in [0, 0.1) is 6.92 Å². The lowest BCUT2D eigenvalue weighted by atomic mass is 10.00. The van der Waals surface area contributed by atoms with Gasteiger partial charge in [-0.15, -0.1) is 0 Å². The van der Waals surface area contributed by atoms with E-state index in [1.165, 1.54) is 0 Å². The topological polar surface area (TPSA) is 63.2 Å². The van der Waals surface area contributed by atoms with E-state index >= 15 is 0 Å². The Morgan fingerprint density at radius 3 is 2.94 bits per heavy atom. The highest BCUT2D eigenvalue weighted by molar-refractivity contribution is 5.81. The van der Waals surface area contributed by atoms with E-state index in [4.69, 9.17) is 9.73 Å². The summed E-state index contributed by atoms with van der Waals surface area (Å²) in [7, 11) is 0. The van der Waals surface area contributed by atoms with Crippen LogP contribution in [0.2, 0.25) is 0 Å². The molecule has 1 aliphatic rings. The van der Waals surface area contributed by atoms with E-state index < -0.39 is 0 Å². The highest BCUT2D eigenvalue weighted by atomic mass is 16.5. The first-order valence-corrected chi connectivity index (χ1v) is 10.8. The number of benzene rings is 1. The second-order valence-electron chi connectivity index (χ2n) is 7.48. The van der Waals surface area contributed by atoms with Crippen molar-refractivity contribution >= 4 is 18.0 Å². The number of aromatic amines is 1. The van der Waals surface area contributed by atoms with Gasteiger partial charge < -0.3 is 9.72 Å². The summed E-state index contributed by atoms with van der Waals surface area (Å²) in [6.45, 7) is 5.31. The number of pyridine rings is 1. The average Bonchev–Trinajstić information content (AvgIpc) is 3.12. The van der Waals surface area contributed by atoms with Gasteiger partial charge in [-0.05, 0) is 56.9 Å². The van der Waals surface area contributed by atoms with E-state index in [0.717, 1.165) is 64.4 Å². The summed E-state index contributed by atoms with van der Waals surface area (Å²) in [4.78, 5) is 17.2. The number of ether oxygens (including phenoxy) is 1. The molecule has 1 N–H and O–H groups in total. The molecule has 0 bridgehead atoms. The molecule has 158 valence electrons. The van der Waals surface area contributed by atoms with Crippen molar-refractivity contribution in [3.8, 4) is 22.6 Å². The summed E-state index contributed by atoms with van der Waals surface area (Å²) in [5, 5.41) is 0. The molecule has 1 aromatic carbocycles. The monoisotopic (exact) mass is 412 g/mol. The standard InChI is InChI=1S/C26H28N4O/c1-3-31-16-8-9-20-17-21(12-13-23(20)24-11-5-4-6-14-28-24)26-29-18-25(30-26)22-10-7-15-27-19(22)2/h7-15,17-18H,3-6,16H2,1-2H3,(H,29,30)/b9-8+. The van der Waals surface area contributed by atoms with Crippen LogP contribution in [0.3, 0.4) is 0 Å². The third-order valence-electron chi connectivity index (χ3n) is 5.29. The van der Waals surface area contributed by atoms with Gasteiger partial charge in [-0.1, -0.05) is 30.4 Å². The maximum absolute atomic E-state index is 5.48. The zero-order chi connectivity index (χ0) is 21.5. The number of nitrogens with one attached hydrogen (secondary N) is 1. The van der Waals surface area contributed by atoms with Gasteiger partial charge in [0, 0.05) is 41.4 Å². The van der Waals surface area contributed by atoms with Gasteiger partial charge in [-0.2, -0.15) is 0 Å². The molecule has 0 radical (unpaired) electrons. The van der Waals surface area contributed by atoms with E-state index in [1.54, 1.807) is 6.20 Å². The quantitative estimate of drug-likeness (QED) is 0.477. The van der Waals surface area contributed by atoms with E-state index in [0.29, 0.717) is 13.2 Å². The van der Waals surface area contributed by atoms with E-state index in [-0.39, 0.29) is 0 Å². The molecular weight excluding hydrogens is 384 g/mol. The summed E-state index contributed by atoms with van der Waals surface area (Å²) in [5.41, 5.74) is 7.31. The van der Waals surface area contributed by atoms with E-state index in [2.05, 4.69) is 57.4 Å². The number of allylic oxidation sites excluding steroid dienone is 1. The molecule has 2 aromatic heterocycles. The van der Waals surface area contributed by atoms with Gasteiger partial charge in [0.15, 0.2) is 0 Å². The van der Waals surface area contributed by atoms with Gasteiger partial charge in [0.2, 0.25) is 0 Å². The molecule has 0 fully saturated rings. The van der Waals surface area contributed by atoms with Gasteiger partial charge in [0.1, 0.15) is 5.82 Å². The second-order valence-corrected chi connectivity index (χ2v) is 7.48. The van der Waals surface area contributed by atoms with Crippen molar-refractivity contribution in [1.82, 2.24) is 15.0 Å². The molecule has 0 amide bonds. The molecule has 0 atom stereocenters. The van der Waals surface area contributed by atoms with Crippen LogP contribution in [0.1, 0.15) is 43.0 Å². The summed E-state index contributed by atoms with van der Waals surface area (Å²) in [6.07, 6.45) is 15.3. The number of hydrogen-bond acceptors (Lipinski definition) is 4. The molecule has 31 heavy (non-hydrogen) atoms. The fourth-order valence-electron chi connectivity index (χ4n) is 3.66. The molecule has 5 nitrogen and oxygen atoms in total. The van der Waals surface area contributed by atoms with Crippen LogP contribution in [-0.4, -0.2) is 34.4 Å². The molecule has 0 saturated heterocycles. The van der Waals surface area contributed by atoms with E-state index in [1.807, 2.05) is 32.3 Å². The minimum Gasteiger partial charge on any atom is -0.378 e. The van der Waals surface area contributed by atoms with E-state index in [9.17, 15) is 0 Å². The lowest BCUT2D eigenvalue weighted by molar-refractivity contribution is 0.178. The number of nitrogens with zero attached hydrogens (tertiary/aromatic N) is 3. The number of hydrogen-bond donors (Lipinski definition) is 1. The van der Waals surface area contributed by atoms with Crippen LogP contribution in [0.4, 0.5) is 0 Å². The van der Waals surface area contributed by atoms with Crippen LogP contribution in [0.15, 0.2) is 59.9 Å². The number of imidazole rings is 1. The molecule has 0 saturated carbocycles. The first kappa shape index (κ1) is 20.9.